The van der Waals surface area contributed by atoms with Crippen LogP contribution in [0.2, 0.25) is 0 Å². The molecule has 1 rings (SSSR count). The van der Waals surface area contributed by atoms with E-state index in [4.69, 9.17) is 18.5 Å². The van der Waals surface area contributed by atoms with Crippen molar-refractivity contribution >= 4 is 13.8 Å². The van der Waals surface area contributed by atoms with E-state index in [0.717, 1.165) is 70.6 Å². The van der Waals surface area contributed by atoms with E-state index in [-0.39, 0.29) is 13.0 Å². The number of unbranched alkanes of at least 4 members (excludes halogenated alkanes) is 18. The van der Waals surface area contributed by atoms with Crippen LogP contribution in [0, 0.1) is 0 Å². The Morgan fingerprint density at radius 3 is 1.61 bits per heavy atom. The van der Waals surface area contributed by atoms with Gasteiger partial charge >= 0.3 is 13.8 Å². The highest BCUT2D eigenvalue weighted by molar-refractivity contribution is 7.47. The highest BCUT2D eigenvalue weighted by Crippen LogP contribution is 2.47. The molecule has 6 atom stereocenters. The van der Waals surface area contributed by atoms with E-state index in [0.29, 0.717) is 13.0 Å². The minimum absolute atomic E-state index is 0.0899. The number of aliphatic hydroxyl groups is 5. The lowest BCUT2D eigenvalue weighted by Crippen LogP contribution is -2.64. The predicted molar refractivity (Wildman–Crippen MR) is 221 cm³/mol. The summed E-state index contributed by atoms with van der Waals surface area (Å²) in [7, 11) is -5.02. The molecule has 0 aromatic carbocycles. The van der Waals surface area contributed by atoms with Gasteiger partial charge in [-0.25, -0.2) is 4.57 Å². The highest BCUT2D eigenvalue weighted by Gasteiger charge is 2.51. The van der Waals surface area contributed by atoms with Crippen LogP contribution in [-0.2, 0) is 27.9 Å². The van der Waals surface area contributed by atoms with Gasteiger partial charge in [-0.15, -0.1) is 0 Å². The Balaban J connectivity index is 2.43. The number of phosphoric ester groups is 1. The van der Waals surface area contributed by atoms with Gasteiger partial charge in [0.2, 0.25) is 0 Å². The molecule has 0 radical (unpaired) electrons. The summed E-state index contributed by atoms with van der Waals surface area (Å²) in [4.78, 5) is 23.1. The van der Waals surface area contributed by atoms with Crippen molar-refractivity contribution in [2.75, 3.05) is 19.8 Å². The van der Waals surface area contributed by atoms with Gasteiger partial charge in [0.05, 0.1) is 13.2 Å². The van der Waals surface area contributed by atoms with Crippen molar-refractivity contribution in [1.29, 1.82) is 0 Å². The van der Waals surface area contributed by atoms with E-state index >= 15 is 0 Å². The molecular weight excluding hydrogens is 739 g/mol. The molecule has 0 amide bonds. The van der Waals surface area contributed by atoms with Crippen LogP contribution >= 0.6 is 7.82 Å². The van der Waals surface area contributed by atoms with Gasteiger partial charge in [0.1, 0.15) is 42.7 Å². The number of hydrogen-bond acceptors (Lipinski definition) is 11. The molecule has 6 unspecified atom stereocenters. The molecule has 13 heteroatoms. The Morgan fingerprint density at radius 1 is 0.589 bits per heavy atom. The zero-order valence-electron chi connectivity index (χ0n) is 34.7. The minimum Gasteiger partial charge on any atom is -0.457 e. The molecule has 56 heavy (non-hydrogen) atoms. The average molecular weight is 819 g/mol. The van der Waals surface area contributed by atoms with Crippen LogP contribution in [0.1, 0.15) is 168 Å². The fourth-order valence-electron chi connectivity index (χ4n) is 6.55. The Morgan fingerprint density at radius 2 is 1.05 bits per heavy atom. The molecule has 0 heterocycles. The van der Waals surface area contributed by atoms with Crippen LogP contribution in [-0.4, -0.2) is 98.9 Å². The number of hydrogen-bond donors (Lipinski definition) is 6. The summed E-state index contributed by atoms with van der Waals surface area (Å²) < 4.78 is 34.1. The van der Waals surface area contributed by atoms with Crippen LogP contribution in [0.5, 0.6) is 0 Å². The van der Waals surface area contributed by atoms with E-state index in [1.807, 2.05) is 0 Å². The molecule has 0 aromatic rings. The number of allylic oxidation sites excluding steroid dienone is 6. The number of esters is 1. The normalized spacial score (nSPS) is 23.4. The van der Waals surface area contributed by atoms with Crippen molar-refractivity contribution in [3.63, 3.8) is 0 Å². The lowest BCUT2D eigenvalue weighted by molar-refractivity contribution is -0.220. The molecule has 0 aliphatic heterocycles. The van der Waals surface area contributed by atoms with Crippen LogP contribution in [0.25, 0.3) is 0 Å². The number of carbonyl (C=O) groups is 1. The van der Waals surface area contributed by atoms with E-state index < -0.39 is 63.1 Å². The van der Waals surface area contributed by atoms with Crippen molar-refractivity contribution in [3.8, 4) is 0 Å². The van der Waals surface area contributed by atoms with Crippen LogP contribution in [0.3, 0.4) is 0 Å². The molecule has 0 bridgehead atoms. The van der Waals surface area contributed by atoms with Crippen LogP contribution < -0.4 is 0 Å². The quantitative estimate of drug-likeness (QED) is 0.0154. The third kappa shape index (κ3) is 26.5. The van der Waals surface area contributed by atoms with Crippen molar-refractivity contribution in [1.82, 2.24) is 0 Å². The molecule has 1 fully saturated rings. The van der Waals surface area contributed by atoms with Gasteiger partial charge in [-0.05, 0) is 44.9 Å². The SMILES string of the molecule is CC/C=C\C/C=C\C/C=C\CCCCCCOCC(COP(=O)(O)OC1C(O)C(O)C(O)C(O)C1O)OC(=O)CCCCCCCCCCCCCCCCC. The second-order valence-corrected chi connectivity index (χ2v) is 16.6. The molecule has 12 nitrogen and oxygen atoms in total. The summed E-state index contributed by atoms with van der Waals surface area (Å²) in [6.07, 6.45) is 26.5. The molecule has 0 aromatic heterocycles. The lowest BCUT2D eigenvalue weighted by atomic mass is 9.85. The maximum atomic E-state index is 12.8. The van der Waals surface area contributed by atoms with Crippen molar-refractivity contribution in [3.05, 3.63) is 36.5 Å². The monoisotopic (exact) mass is 819 g/mol. The van der Waals surface area contributed by atoms with Crippen LogP contribution in [0.4, 0.5) is 0 Å². The largest absolute Gasteiger partial charge is 0.472 e. The second kappa shape index (κ2) is 34.4. The first-order chi connectivity index (χ1) is 27.0. The average Bonchev–Trinajstić information content (AvgIpc) is 3.18. The fourth-order valence-corrected chi connectivity index (χ4v) is 7.52. The molecule has 0 spiro atoms. The second-order valence-electron chi connectivity index (χ2n) is 15.2. The third-order valence-electron chi connectivity index (χ3n) is 10.0. The third-order valence-corrected chi connectivity index (χ3v) is 11.0. The van der Waals surface area contributed by atoms with E-state index in [1.54, 1.807) is 0 Å². The zero-order valence-corrected chi connectivity index (χ0v) is 35.6. The number of aliphatic hydroxyl groups excluding tert-OH is 5. The fraction of sp³-hybridized carbons (Fsp3) is 0.837. The summed E-state index contributed by atoms with van der Waals surface area (Å²) in [5, 5.41) is 50.1. The van der Waals surface area contributed by atoms with Gasteiger partial charge < -0.3 is 39.9 Å². The molecule has 1 saturated carbocycles. The van der Waals surface area contributed by atoms with E-state index in [9.17, 15) is 39.8 Å². The smallest absolute Gasteiger partial charge is 0.457 e. The van der Waals surface area contributed by atoms with Crippen molar-refractivity contribution in [2.45, 2.75) is 211 Å². The maximum absolute atomic E-state index is 12.8. The Labute approximate surface area is 338 Å². The first kappa shape index (κ1) is 52.6. The first-order valence-corrected chi connectivity index (χ1v) is 23.3. The number of carbonyl (C=O) groups excluding carboxylic acids is 1. The van der Waals surface area contributed by atoms with Gasteiger partial charge in [0.25, 0.3) is 0 Å². The summed E-state index contributed by atoms with van der Waals surface area (Å²) in [5.74, 6) is -0.485. The Bertz CT molecular complexity index is 1070. The molecule has 1 aliphatic rings. The number of ether oxygens (including phenoxy) is 2. The van der Waals surface area contributed by atoms with Gasteiger partial charge in [-0.1, -0.05) is 153 Å². The molecular formula is C43H79O12P. The summed E-state index contributed by atoms with van der Waals surface area (Å²) in [6, 6.07) is 0. The molecule has 0 saturated heterocycles. The van der Waals surface area contributed by atoms with Gasteiger partial charge in [0, 0.05) is 13.0 Å². The summed E-state index contributed by atoms with van der Waals surface area (Å²) in [6.45, 7) is 4.09. The summed E-state index contributed by atoms with van der Waals surface area (Å²) >= 11 is 0. The number of rotatable bonds is 36. The van der Waals surface area contributed by atoms with E-state index in [2.05, 4.69) is 50.3 Å². The van der Waals surface area contributed by atoms with Crippen molar-refractivity contribution < 1.29 is 58.3 Å². The lowest BCUT2D eigenvalue weighted by Gasteiger charge is -2.41. The van der Waals surface area contributed by atoms with Gasteiger partial charge in [-0.2, -0.15) is 0 Å². The van der Waals surface area contributed by atoms with Crippen molar-refractivity contribution in [2.24, 2.45) is 0 Å². The standard InChI is InChI=1S/C43H79O12P/c1-3-5-7-9-11-13-15-17-19-20-22-24-26-28-30-32-37(44)54-36(34-52-33-31-29-27-25-23-21-18-16-14-12-10-8-6-4-2)35-53-56(50,51)55-43-41(48)39(46)38(45)40(47)42(43)49/h6,8,12,14,18,21,36,38-43,45-49H,3-5,7,9-11,13,15-17,19-20,22-35H2,1-2H3,(H,50,51)/b8-6-,14-12-,21-18-. The molecule has 1 aliphatic carbocycles. The summed E-state index contributed by atoms with van der Waals surface area (Å²) in [5.41, 5.74) is 0. The van der Waals surface area contributed by atoms with Gasteiger partial charge in [-0.3, -0.25) is 13.8 Å². The number of phosphoric acid groups is 1. The minimum atomic E-state index is -5.02. The van der Waals surface area contributed by atoms with Gasteiger partial charge in [0.15, 0.2) is 0 Å². The molecule has 6 N–H and O–H groups in total. The molecule has 328 valence electrons. The predicted octanol–water partition coefficient (Wildman–Crippen LogP) is 8.31. The Hall–Kier alpha value is -1.44. The zero-order chi connectivity index (χ0) is 41.3. The maximum Gasteiger partial charge on any atom is 0.472 e. The Kier molecular flexibility index (Phi) is 32.3. The first-order valence-electron chi connectivity index (χ1n) is 21.8. The topological polar surface area (TPSA) is 192 Å². The van der Waals surface area contributed by atoms with E-state index in [1.165, 1.54) is 70.6 Å². The highest BCUT2D eigenvalue weighted by atomic mass is 31.2. The van der Waals surface area contributed by atoms with Crippen LogP contribution in [0.15, 0.2) is 36.5 Å².